The quantitative estimate of drug-likeness (QED) is 0.707. The predicted molar refractivity (Wildman–Crippen MR) is 89.6 cm³/mol. The molecule has 2 rings (SSSR count). The Kier molecular flexibility index (Phi) is 5.77. The van der Waals surface area contributed by atoms with Crippen molar-refractivity contribution >= 4 is 17.3 Å². The minimum absolute atomic E-state index is 0.246. The zero-order valence-electron chi connectivity index (χ0n) is 12.6. The second-order valence-electron chi connectivity index (χ2n) is 5.37. The summed E-state index contributed by atoms with van der Waals surface area (Å²) < 4.78 is 14.6. The molecule has 0 saturated heterocycles. The van der Waals surface area contributed by atoms with Gasteiger partial charge in [-0.25, -0.2) is 4.39 Å². The van der Waals surface area contributed by atoms with Crippen LogP contribution in [-0.4, -0.2) is 23.9 Å². The summed E-state index contributed by atoms with van der Waals surface area (Å²) in [5, 5.41) is 16.3. The van der Waals surface area contributed by atoms with E-state index in [1.807, 2.05) is 19.9 Å². The molecule has 0 spiro atoms. The van der Waals surface area contributed by atoms with Crippen LogP contribution in [0.1, 0.15) is 13.8 Å². The lowest BCUT2D eigenvalue weighted by Gasteiger charge is -2.18. The molecule has 0 aliphatic heterocycles. The van der Waals surface area contributed by atoms with Gasteiger partial charge >= 0.3 is 0 Å². The van der Waals surface area contributed by atoms with Gasteiger partial charge in [0, 0.05) is 28.7 Å². The van der Waals surface area contributed by atoms with Gasteiger partial charge in [0.2, 0.25) is 0 Å². The summed E-state index contributed by atoms with van der Waals surface area (Å²) in [5.74, 6) is -0.431. The number of anilines is 1. The van der Waals surface area contributed by atoms with Crippen LogP contribution in [0.15, 0.2) is 42.5 Å². The number of hydrogen-bond acceptors (Lipinski definition) is 3. The Labute approximate surface area is 135 Å². The highest BCUT2D eigenvalue weighted by Gasteiger charge is 2.14. The molecule has 0 radical (unpaired) electrons. The van der Waals surface area contributed by atoms with Crippen LogP contribution >= 0.6 is 11.6 Å². The van der Waals surface area contributed by atoms with Gasteiger partial charge in [-0.1, -0.05) is 55.8 Å². The molecule has 2 aromatic rings. The fourth-order valence-corrected chi connectivity index (χ4v) is 2.35. The Morgan fingerprint density at radius 1 is 1.09 bits per heavy atom. The van der Waals surface area contributed by atoms with Gasteiger partial charge < -0.3 is 15.7 Å². The molecular weight excluding hydrogens is 303 g/mol. The fraction of sp³-hybridized carbons (Fsp3) is 0.294. The maximum Gasteiger partial charge on any atom is 0.154 e. The summed E-state index contributed by atoms with van der Waals surface area (Å²) in [7, 11) is 0. The third-order valence-corrected chi connectivity index (χ3v) is 3.53. The average Bonchev–Trinajstić information content (AvgIpc) is 2.48. The molecule has 1 atom stereocenters. The van der Waals surface area contributed by atoms with E-state index in [2.05, 4.69) is 10.6 Å². The number of halogens is 2. The molecule has 0 bridgehead atoms. The van der Waals surface area contributed by atoms with E-state index in [1.54, 1.807) is 36.4 Å². The molecule has 0 aliphatic rings. The van der Waals surface area contributed by atoms with Gasteiger partial charge in [0.05, 0.1) is 5.69 Å². The summed E-state index contributed by atoms with van der Waals surface area (Å²) in [6.45, 7) is 4.28. The first-order valence-corrected chi connectivity index (χ1v) is 7.58. The van der Waals surface area contributed by atoms with E-state index in [1.165, 1.54) is 0 Å². The van der Waals surface area contributed by atoms with Gasteiger partial charge in [-0.2, -0.15) is 0 Å². The van der Waals surface area contributed by atoms with Crippen molar-refractivity contribution in [1.29, 1.82) is 0 Å². The first kappa shape index (κ1) is 16.7. The highest BCUT2D eigenvalue weighted by atomic mass is 35.5. The van der Waals surface area contributed by atoms with Crippen LogP contribution in [0.3, 0.4) is 0 Å². The Morgan fingerprint density at radius 3 is 2.45 bits per heavy atom. The average molecular weight is 323 g/mol. The molecule has 118 valence electrons. The predicted octanol–water partition coefficient (Wildman–Crippen LogP) is 3.87. The van der Waals surface area contributed by atoms with Crippen LogP contribution < -0.4 is 10.6 Å². The molecule has 5 heteroatoms. The van der Waals surface area contributed by atoms with Crippen molar-refractivity contribution in [2.24, 2.45) is 0 Å². The first-order chi connectivity index (χ1) is 10.5. The molecule has 0 fully saturated rings. The van der Waals surface area contributed by atoms with Crippen molar-refractivity contribution in [2.45, 2.75) is 26.1 Å². The maximum atomic E-state index is 14.6. The van der Waals surface area contributed by atoms with Crippen molar-refractivity contribution in [2.75, 3.05) is 11.9 Å². The molecule has 0 heterocycles. The lowest BCUT2D eigenvalue weighted by molar-refractivity contribution is 0.196. The number of nitrogens with one attached hydrogen (secondary N) is 2. The van der Waals surface area contributed by atoms with Crippen molar-refractivity contribution in [3.8, 4) is 11.1 Å². The Bertz CT molecular complexity index is 634. The number of rotatable bonds is 6. The Balaban J connectivity index is 2.21. The molecule has 22 heavy (non-hydrogen) atoms. The smallest absolute Gasteiger partial charge is 0.154 e. The monoisotopic (exact) mass is 322 g/mol. The maximum absolute atomic E-state index is 14.6. The number of aliphatic hydroxyl groups is 1. The second kappa shape index (κ2) is 7.58. The molecule has 0 aliphatic carbocycles. The van der Waals surface area contributed by atoms with Crippen LogP contribution in [-0.2, 0) is 0 Å². The van der Waals surface area contributed by atoms with Crippen LogP contribution in [0, 0.1) is 5.82 Å². The summed E-state index contributed by atoms with van der Waals surface area (Å²) in [6, 6.07) is 12.3. The second-order valence-corrected chi connectivity index (χ2v) is 5.78. The minimum Gasteiger partial charge on any atom is -0.372 e. The number of hydrogen-bond donors (Lipinski definition) is 3. The zero-order valence-corrected chi connectivity index (χ0v) is 13.4. The Morgan fingerprint density at radius 2 is 1.77 bits per heavy atom. The van der Waals surface area contributed by atoms with Gasteiger partial charge in [0.25, 0.3) is 0 Å². The van der Waals surface area contributed by atoms with Gasteiger partial charge in [-0.3, -0.25) is 0 Å². The van der Waals surface area contributed by atoms with Crippen LogP contribution in [0.2, 0.25) is 5.02 Å². The van der Waals surface area contributed by atoms with Crippen molar-refractivity contribution in [3.63, 3.8) is 0 Å². The van der Waals surface area contributed by atoms with Gasteiger partial charge in [0.15, 0.2) is 5.82 Å². The van der Waals surface area contributed by atoms with Crippen LogP contribution in [0.25, 0.3) is 11.1 Å². The molecule has 3 N–H and O–H groups in total. The molecule has 0 saturated carbocycles. The molecule has 2 aromatic carbocycles. The molecular formula is C17H20ClFN2O. The van der Waals surface area contributed by atoms with Gasteiger partial charge in [-0.05, 0) is 12.1 Å². The highest BCUT2D eigenvalue weighted by Crippen LogP contribution is 2.32. The zero-order chi connectivity index (χ0) is 16.1. The van der Waals surface area contributed by atoms with Crippen molar-refractivity contribution in [1.82, 2.24) is 5.32 Å². The normalized spacial score (nSPS) is 12.5. The van der Waals surface area contributed by atoms with E-state index < -0.39 is 12.0 Å². The molecule has 3 nitrogen and oxygen atoms in total. The van der Waals surface area contributed by atoms with E-state index in [9.17, 15) is 9.50 Å². The SMILES string of the molecule is CC(C)NCC(O)Nc1cccc(-c2ccccc2Cl)c1F. The van der Waals surface area contributed by atoms with Crippen LogP contribution in [0.4, 0.5) is 10.1 Å². The molecule has 0 aromatic heterocycles. The Hall–Kier alpha value is -1.62. The molecule has 1 unspecified atom stereocenters. The van der Waals surface area contributed by atoms with E-state index in [4.69, 9.17) is 11.6 Å². The summed E-state index contributed by atoms with van der Waals surface area (Å²) in [5.41, 5.74) is 1.27. The standard InChI is InChI=1S/C17H20ClFN2O/c1-11(2)20-10-16(22)21-15-9-5-7-13(17(15)19)12-6-3-4-8-14(12)18/h3-9,11,16,20-22H,10H2,1-2H3. The fourth-order valence-electron chi connectivity index (χ4n) is 2.11. The third-order valence-electron chi connectivity index (χ3n) is 3.20. The largest absolute Gasteiger partial charge is 0.372 e. The summed E-state index contributed by atoms with van der Waals surface area (Å²) in [4.78, 5) is 0. The van der Waals surface area contributed by atoms with E-state index in [0.29, 0.717) is 22.7 Å². The lowest BCUT2D eigenvalue weighted by atomic mass is 10.0. The third kappa shape index (κ3) is 4.19. The van der Waals surface area contributed by atoms with E-state index in [0.717, 1.165) is 0 Å². The van der Waals surface area contributed by atoms with E-state index in [-0.39, 0.29) is 11.7 Å². The number of aliphatic hydroxyl groups excluding tert-OH is 1. The first-order valence-electron chi connectivity index (χ1n) is 7.20. The van der Waals surface area contributed by atoms with Gasteiger partial charge in [0.1, 0.15) is 6.23 Å². The number of benzene rings is 2. The topological polar surface area (TPSA) is 44.3 Å². The van der Waals surface area contributed by atoms with Crippen LogP contribution in [0.5, 0.6) is 0 Å². The lowest BCUT2D eigenvalue weighted by Crippen LogP contribution is -2.36. The highest BCUT2D eigenvalue weighted by molar-refractivity contribution is 6.33. The van der Waals surface area contributed by atoms with Crippen molar-refractivity contribution < 1.29 is 9.50 Å². The van der Waals surface area contributed by atoms with Gasteiger partial charge in [-0.15, -0.1) is 0 Å². The van der Waals surface area contributed by atoms with E-state index >= 15 is 0 Å². The summed E-state index contributed by atoms with van der Waals surface area (Å²) in [6.07, 6.45) is -0.876. The molecule has 0 amide bonds. The summed E-state index contributed by atoms with van der Waals surface area (Å²) >= 11 is 6.13. The van der Waals surface area contributed by atoms with Crippen molar-refractivity contribution in [3.05, 3.63) is 53.3 Å². The minimum atomic E-state index is -0.876.